The lowest BCUT2D eigenvalue weighted by Gasteiger charge is -2.14. The molecule has 2 aromatic carbocycles. The Balaban J connectivity index is 1.49. The molecule has 1 aromatic heterocycles. The Morgan fingerprint density at radius 1 is 1.22 bits per heavy atom. The van der Waals surface area contributed by atoms with Crippen molar-refractivity contribution in [1.29, 1.82) is 0 Å². The first-order valence-corrected chi connectivity index (χ1v) is 11.6. The molecule has 11 heteroatoms. The Kier molecular flexibility index (Phi) is 7.23. The number of nitrogens with one attached hydrogen (secondary N) is 3. The maximum atomic E-state index is 11.3. The van der Waals surface area contributed by atoms with Crippen molar-refractivity contribution in [2.75, 3.05) is 30.7 Å². The Bertz CT molecular complexity index is 1210. The van der Waals surface area contributed by atoms with Crippen molar-refractivity contribution < 1.29 is 32.9 Å². The van der Waals surface area contributed by atoms with Crippen molar-refractivity contribution >= 4 is 32.8 Å². The molecule has 0 fully saturated rings. The summed E-state index contributed by atoms with van der Waals surface area (Å²) in [5.41, 5.74) is 2.27. The number of aliphatic hydroxyl groups excluding tert-OH is 1. The van der Waals surface area contributed by atoms with E-state index >= 15 is 0 Å². The van der Waals surface area contributed by atoms with E-state index in [1.54, 1.807) is 49.4 Å². The fourth-order valence-corrected chi connectivity index (χ4v) is 3.77. The second kappa shape index (κ2) is 9.90. The number of aliphatic hydroxyl groups is 1. The van der Waals surface area contributed by atoms with Gasteiger partial charge in [0.05, 0.1) is 23.6 Å². The third-order valence-corrected chi connectivity index (χ3v) is 5.15. The largest absolute Gasteiger partial charge is 0.511 e. The number of carbonyl (C=O) groups is 1. The molecule has 0 radical (unpaired) electrons. The van der Waals surface area contributed by atoms with Crippen LogP contribution in [0.3, 0.4) is 0 Å². The number of rotatable bonds is 10. The van der Waals surface area contributed by atoms with Gasteiger partial charge in [-0.1, -0.05) is 12.1 Å². The minimum atomic E-state index is -3.39. The van der Waals surface area contributed by atoms with Crippen LogP contribution in [0, 0.1) is 6.92 Å². The highest BCUT2D eigenvalue weighted by molar-refractivity contribution is 7.92. The van der Waals surface area contributed by atoms with Crippen molar-refractivity contribution in [3.63, 3.8) is 0 Å². The molecule has 0 aliphatic carbocycles. The third-order valence-electron chi connectivity index (χ3n) is 4.55. The molecule has 0 amide bonds. The first-order chi connectivity index (χ1) is 15.1. The van der Waals surface area contributed by atoms with Gasteiger partial charge in [-0.15, -0.1) is 0 Å². The average Bonchev–Trinajstić information content (AvgIpc) is 3.00. The zero-order valence-electron chi connectivity index (χ0n) is 17.6. The van der Waals surface area contributed by atoms with Crippen LogP contribution < -0.4 is 19.5 Å². The number of aromatic nitrogens is 1. The van der Waals surface area contributed by atoms with E-state index in [9.17, 15) is 18.3 Å². The summed E-state index contributed by atoms with van der Waals surface area (Å²) in [5.74, 6) is 0.869. The van der Waals surface area contributed by atoms with Crippen molar-refractivity contribution in [2.24, 2.45) is 0 Å². The van der Waals surface area contributed by atoms with Crippen LogP contribution in [0.1, 0.15) is 17.4 Å². The van der Waals surface area contributed by atoms with E-state index in [-0.39, 0.29) is 12.3 Å². The second-order valence-electron chi connectivity index (χ2n) is 7.22. The summed E-state index contributed by atoms with van der Waals surface area (Å²) in [6.45, 7) is 2.79. The molecule has 0 saturated carbocycles. The van der Waals surface area contributed by atoms with Gasteiger partial charge >= 0.3 is 6.16 Å². The summed E-state index contributed by atoms with van der Waals surface area (Å²) >= 11 is 0. The SMILES string of the molecule is Cc1[nH]c2cc(OCCNC[C@H](O)c3cccc(NS(C)(=O)=O)c3)ccc2c1OC(=O)O. The van der Waals surface area contributed by atoms with Gasteiger partial charge in [-0.2, -0.15) is 0 Å². The number of carboxylic acid groups (broad SMARTS) is 1. The minimum Gasteiger partial charge on any atom is -0.492 e. The molecule has 1 heterocycles. The van der Waals surface area contributed by atoms with Crippen molar-refractivity contribution in [3.05, 3.63) is 53.7 Å². The maximum absolute atomic E-state index is 11.3. The van der Waals surface area contributed by atoms with E-state index in [1.165, 1.54) is 0 Å². The normalized spacial score (nSPS) is 12.5. The van der Waals surface area contributed by atoms with Gasteiger partial charge in [0, 0.05) is 30.2 Å². The molecule has 0 saturated heterocycles. The summed E-state index contributed by atoms with van der Waals surface area (Å²) in [6, 6.07) is 11.8. The lowest BCUT2D eigenvalue weighted by molar-refractivity contribution is 0.144. The van der Waals surface area contributed by atoms with Crippen molar-refractivity contribution in [1.82, 2.24) is 10.3 Å². The van der Waals surface area contributed by atoms with Crippen LogP contribution in [0.5, 0.6) is 11.5 Å². The van der Waals surface area contributed by atoms with Crippen LogP contribution in [-0.4, -0.2) is 55.7 Å². The monoisotopic (exact) mass is 463 g/mol. The molecule has 0 aliphatic rings. The number of ether oxygens (including phenoxy) is 2. The van der Waals surface area contributed by atoms with Crippen LogP contribution in [0.4, 0.5) is 10.5 Å². The standard InChI is InChI=1S/C21H25N3O7S/c1-13-20(31-21(26)27)17-7-6-16(11-18(17)23-13)30-9-8-22-12-19(25)14-4-3-5-15(10-14)24-32(2,28)29/h3-7,10-11,19,22-25H,8-9,12H2,1-2H3,(H,26,27)/t19-/m0/s1. The Hall–Kier alpha value is -3.28. The number of fused-ring (bicyclic) bond motifs is 1. The Morgan fingerprint density at radius 2 is 2.00 bits per heavy atom. The second-order valence-corrected chi connectivity index (χ2v) is 8.97. The zero-order valence-corrected chi connectivity index (χ0v) is 18.4. The van der Waals surface area contributed by atoms with Crippen LogP contribution in [-0.2, 0) is 10.0 Å². The van der Waals surface area contributed by atoms with Crippen molar-refractivity contribution in [3.8, 4) is 11.5 Å². The highest BCUT2D eigenvalue weighted by atomic mass is 32.2. The Morgan fingerprint density at radius 3 is 2.72 bits per heavy atom. The highest BCUT2D eigenvalue weighted by Crippen LogP contribution is 2.32. The van der Waals surface area contributed by atoms with Gasteiger partial charge in [-0.25, -0.2) is 13.2 Å². The number of benzene rings is 2. The Labute approximate surface area is 185 Å². The smallest absolute Gasteiger partial charge is 0.492 e. The number of hydrogen-bond acceptors (Lipinski definition) is 7. The number of aromatic amines is 1. The molecular weight excluding hydrogens is 438 g/mol. The van der Waals surface area contributed by atoms with E-state index in [2.05, 4.69) is 15.0 Å². The summed E-state index contributed by atoms with van der Waals surface area (Å²) in [7, 11) is -3.39. The molecule has 0 aliphatic heterocycles. The molecule has 3 rings (SSSR count). The molecule has 172 valence electrons. The van der Waals surface area contributed by atoms with Crippen LogP contribution in [0.2, 0.25) is 0 Å². The van der Waals surface area contributed by atoms with Crippen LogP contribution >= 0.6 is 0 Å². The molecule has 5 N–H and O–H groups in total. The number of anilines is 1. The molecule has 0 spiro atoms. The van der Waals surface area contributed by atoms with Gasteiger partial charge < -0.3 is 30.0 Å². The summed E-state index contributed by atoms with van der Waals surface area (Å²) in [5, 5.41) is 22.9. The quantitative estimate of drug-likeness (QED) is 0.227. The molecule has 32 heavy (non-hydrogen) atoms. The minimum absolute atomic E-state index is 0.260. The number of H-pyrrole nitrogens is 1. The molecular formula is C21H25N3O7S. The predicted octanol–water partition coefficient (Wildman–Crippen LogP) is 2.61. The van der Waals surface area contributed by atoms with Gasteiger partial charge in [0.25, 0.3) is 0 Å². The average molecular weight is 464 g/mol. The van der Waals surface area contributed by atoms with Crippen LogP contribution in [0.15, 0.2) is 42.5 Å². The van der Waals surface area contributed by atoms with Gasteiger partial charge in [0.1, 0.15) is 12.4 Å². The zero-order chi connectivity index (χ0) is 23.3. The summed E-state index contributed by atoms with van der Waals surface area (Å²) in [4.78, 5) is 13.9. The highest BCUT2D eigenvalue weighted by Gasteiger charge is 2.14. The molecule has 0 unspecified atom stereocenters. The first kappa shape index (κ1) is 23.4. The predicted molar refractivity (Wildman–Crippen MR) is 120 cm³/mol. The molecule has 1 atom stereocenters. The molecule has 10 nitrogen and oxygen atoms in total. The third kappa shape index (κ3) is 6.36. The number of aryl methyl sites for hydroxylation is 1. The molecule has 0 bridgehead atoms. The molecule has 3 aromatic rings. The van der Waals surface area contributed by atoms with Crippen molar-refractivity contribution in [2.45, 2.75) is 13.0 Å². The summed E-state index contributed by atoms with van der Waals surface area (Å²) in [6.07, 6.45) is -1.13. The van der Waals surface area contributed by atoms with E-state index in [0.717, 1.165) is 6.26 Å². The van der Waals surface area contributed by atoms with Gasteiger partial charge in [0.2, 0.25) is 10.0 Å². The number of sulfonamides is 1. The van der Waals surface area contributed by atoms with Gasteiger partial charge in [-0.3, -0.25) is 4.72 Å². The first-order valence-electron chi connectivity index (χ1n) is 9.75. The van der Waals surface area contributed by atoms with Gasteiger partial charge in [-0.05, 0) is 36.8 Å². The topological polar surface area (TPSA) is 150 Å². The maximum Gasteiger partial charge on any atom is 0.511 e. The van der Waals surface area contributed by atoms with E-state index < -0.39 is 22.3 Å². The fraction of sp³-hybridized carbons (Fsp3) is 0.286. The van der Waals surface area contributed by atoms with E-state index in [0.29, 0.717) is 46.7 Å². The van der Waals surface area contributed by atoms with E-state index in [4.69, 9.17) is 14.6 Å². The lowest BCUT2D eigenvalue weighted by atomic mass is 10.1. The van der Waals surface area contributed by atoms with E-state index in [1.807, 2.05) is 0 Å². The fourth-order valence-electron chi connectivity index (χ4n) is 3.22. The number of hydrogen-bond donors (Lipinski definition) is 5. The van der Waals surface area contributed by atoms with Gasteiger partial charge in [0.15, 0.2) is 5.75 Å². The summed E-state index contributed by atoms with van der Waals surface area (Å²) < 4.78 is 35.6. The lowest BCUT2D eigenvalue weighted by Crippen LogP contribution is -2.26. The van der Waals surface area contributed by atoms with Crippen LogP contribution in [0.25, 0.3) is 10.9 Å².